The molecular formula is C48H53N3O8S. The van der Waals surface area contributed by atoms with E-state index in [9.17, 15) is 18.3 Å². The zero-order chi connectivity index (χ0) is 41.5. The lowest BCUT2D eigenvalue weighted by Gasteiger charge is -2.41. The number of piperidine rings is 1. The molecule has 3 saturated heterocycles. The Balaban J connectivity index is 0.965. The molecule has 5 aromatic rings. The zero-order valence-corrected chi connectivity index (χ0v) is 34.7. The molecule has 314 valence electrons. The first-order valence-corrected chi connectivity index (χ1v) is 22.2. The lowest BCUT2D eigenvalue weighted by Crippen LogP contribution is -2.48. The van der Waals surface area contributed by atoms with Gasteiger partial charge >= 0.3 is 0 Å². The Labute approximate surface area is 352 Å². The second-order valence-electron chi connectivity index (χ2n) is 16.0. The highest BCUT2D eigenvalue weighted by Crippen LogP contribution is 2.40. The summed E-state index contributed by atoms with van der Waals surface area (Å²) in [7, 11) is -3.97. The summed E-state index contributed by atoms with van der Waals surface area (Å²) in [6.45, 7) is 5.86. The summed E-state index contributed by atoms with van der Waals surface area (Å²) >= 11 is 0. The van der Waals surface area contributed by atoms with Crippen LogP contribution in [0.5, 0.6) is 0 Å². The number of sulfonamides is 1. The molecule has 1 spiro atoms. The van der Waals surface area contributed by atoms with Gasteiger partial charge in [-0.2, -0.15) is 4.72 Å². The predicted molar refractivity (Wildman–Crippen MR) is 228 cm³/mol. The van der Waals surface area contributed by atoms with E-state index in [1.165, 1.54) is 0 Å². The van der Waals surface area contributed by atoms with Crippen LogP contribution in [0.15, 0.2) is 132 Å². The second-order valence-corrected chi connectivity index (χ2v) is 17.7. The molecule has 0 bridgehead atoms. The van der Waals surface area contributed by atoms with Crippen molar-refractivity contribution in [1.82, 2.24) is 14.9 Å². The van der Waals surface area contributed by atoms with Crippen molar-refractivity contribution < 1.29 is 37.3 Å². The smallest absolute Gasteiger partial charge is 0.241 e. The highest BCUT2D eigenvalue weighted by atomic mass is 32.2. The van der Waals surface area contributed by atoms with Crippen LogP contribution in [0.3, 0.4) is 0 Å². The molecule has 3 heterocycles. The quantitative estimate of drug-likeness (QED) is 0.111. The number of rotatable bonds is 14. The average Bonchev–Trinajstić information content (AvgIpc) is 3.74. The first-order chi connectivity index (χ1) is 29.1. The molecule has 3 aliphatic heterocycles. The van der Waals surface area contributed by atoms with Crippen LogP contribution in [0.4, 0.5) is 0 Å². The van der Waals surface area contributed by atoms with Crippen LogP contribution in [0.1, 0.15) is 65.0 Å². The fourth-order valence-electron chi connectivity index (χ4n) is 8.23. The molecule has 0 aliphatic carbocycles. The molecule has 4 atom stereocenters. The second kappa shape index (κ2) is 18.9. The predicted octanol–water partition coefficient (Wildman–Crippen LogP) is 6.74. The Morgan fingerprint density at radius 2 is 1.47 bits per heavy atom. The van der Waals surface area contributed by atoms with Crippen LogP contribution >= 0.6 is 0 Å². The van der Waals surface area contributed by atoms with Gasteiger partial charge in [-0.25, -0.2) is 8.42 Å². The van der Waals surface area contributed by atoms with Crippen molar-refractivity contribution in [1.29, 1.82) is 0 Å². The molecule has 12 heteroatoms. The van der Waals surface area contributed by atoms with Crippen molar-refractivity contribution >= 4 is 15.9 Å². The molecular weight excluding hydrogens is 779 g/mol. The van der Waals surface area contributed by atoms with E-state index in [1.807, 2.05) is 104 Å². The highest BCUT2D eigenvalue weighted by molar-refractivity contribution is 7.89. The van der Waals surface area contributed by atoms with E-state index in [1.54, 1.807) is 24.3 Å². The maximum Gasteiger partial charge on any atom is 0.241 e. The van der Waals surface area contributed by atoms with E-state index in [0.717, 1.165) is 77.0 Å². The van der Waals surface area contributed by atoms with Crippen LogP contribution in [0.2, 0.25) is 0 Å². The van der Waals surface area contributed by atoms with Crippen LogP contribution in [-0.2, 0) is 53.3 Å². The third kappa shape index (κ3) is 10.4. The van der Waals surface area contributed by atoms with Gasteiger partial charge in [-0.15, -0.1) is 0 Å². The number of amides is 1. The maximum atomic E-state index is 13.7. The normalized spacial score (nSPS) is 21.1. The van der Waals surface area contributed by atoms with Crippen molar-refractivity contribution in [3.05, 3.63) is 161 Å². The zero-order valence-electron chi connectivity index (χ0n) is 33.9. The lowest BCUT2D eigenvalue weighted by atomic mass is 9.97. The maximum absolute atomic E-state index is 13.7. The summed E-state index contributed by atoms with van der Waals surface area (Å²) < 4.78 is 54.8. The number of aryl methyl sites for hydroxylation is 1. The van der Waals surface area contributed by atoms with Gasteiger partial charge in [-0.1, -0.05) is 109 Å². The van der Waals surface area contributed by atoms with Crippen LogP contribution in [0.25, 0.3) is 11.1 Å². The molecule has 60 heavy (non-hydrogen) atoms. The van der Waals surface area contributed by atoms with Crippen LogP contribution in [0, 0.1) is 6.92 Å². The van der Waals surface area contributed by atoms with Gasteiger partial charge in [0, 0.05) is 51.0 Å². The molecule has 4 unspecified atom stereocenters. The molecule has 0 aromatic heterocycles. The molecule has 11 nitrogen and oxygen atoms in total. The summed E-state index contributed by atoms with van der Waals surface area (Å²) in [5.41, 5.74) is 7.33. The van der Waals surface area contributed by atoms with E-state index in [-0.39, 0.29) is 36.7 Å². The highest BCUT2D eigenvalue weighted by Gasteiger charge is 2.41. The van der Waals surface area contributed by atoms with Crippen molar-refractivity contribution in [3.63, 3.8) is 0 Å². The molecule has 5 aromatic carbocycles. The SMILES string of the molecule is Cc1ccc(S(=O)(=O)NC(Cc2ccccc2)C(=O)NCc2cccc(-c3cccc(C4OC(CN5CCC6(CC5)OCCO6)CC(c5ccc(CO)cc5)O4)c3)c2)cc1. The summed E-state index contributed by atoms with van der Waals surface area (Å²) in [6.07, 6.45) is 1.63. The fourth-order valence-corrected chi connectivity index (χ4v) is 9.43. The Morgan fingerprint density at radius 1 is 0.783 bits per heavy atom. The topological polar surface area (TPSA) is 136 Å². The number of ether oxygens (including phenoxy) is 4. The number of carbonyl (C=O) groups is 1. The number of carbonyl (C=O) groups excluding carboxylic acids is 1. The van der Waals surface area contributed by atoms with Crippen molar-refractivity contribution in [2.45, 2.75) is 81.0 Å². The minimum atomic E-state index is -3.97. The van der Waals surface area contributed by atoms with Gasteiger partial charge < -0.3 is 34.3 Å². The first kappa shape index (κ1) is 42.0. The molecule has 3 aliphatic rings. The van der Waals surface area contributed by atoms with Gasteiger partial charge in [-0.05, 0) is 71.0 Å². The molecule has 3 N–H and O–H groups in total. The van der Waals surface area contributed by atoms with E-state index >= 15 is 0 Å². The van der Waals surface area contributed by atoms with Crippen LogP contribution in [-0.4, -0.2) is 75.1 Å². The van der Waals surface area contributed by atoms with E-state index in [0.29, 0.717) is 19.6 Å². The molecule has 3 fully saturated rings. The monoisotopic (exact) mass is 831 g/mol. The number of hydrogen-bond donors (Lipinski definition) is 3. The Hall–Kier alpha value is -4.76. The standard InChI is InChI=1S/C48H53N3O8S/c1-34-13-19-43(20-14-34)60(54,55)50-44(28-35-7-3-2-4-8-35)46(53)49-31-37-9-5-10-39(27-37)40-11-6-12-41(29-40)47-58-42(30-45(59-47)38-17-15-36(33-52)16-18-38)32-51-23-21-48(22-24-51)56-25-26-57-48/h2-20,27,29,42,44-45,47,50,52H,21-26,28,30-33H2,1H3,(H,49,53). The Kier molecular flexibility index (Phi) is 13.2. The van der Waals surface area contributed by atoms with Gasteiger partial charge in [0.05, 0.1) is 36.9 Å². The molecule has 8 rings (SSSR count). The number of likely N-dealkylation sites (tertiary alicyclic amines) is 1. The first-order valence-electron chi connectivity index (χ1n) is 20.7. The van der Waals surface area contributed by atoms with E-state index in [4.69, 9.17) is 18.9 Å². The average molecular weight is 832 g/mol. The molecule has 1 amide bonds. The molecule has 0 saturated carbocycles. The number of aliphatic hydroxyl groups excluding tert-OH is 1. The minimum Gasteiger partial charge on any atom is -0.392 e. The van der Waals surface area contributed by atoms with E-state index in [2.05, 4.69) is 21.0 Å². The molecule has 0 radical (unpaired) electrons. The summed E-state index contributed by atoms with van der Waals surface area (Å²) in [5.74, 6) is -0.865. The largest absolute Gasteiger partial charge is 0.392 e. The van der Waals surface area contributed by atoms with Gasteiger partial charge in [0.2, 0.25) is 15.9 Å². The number of benzene rings is 5. The summed E-state index contributed by atoms with van der Waals surface area (Å²) in [4.78, 5) is 16.3. The van der Waals surface area contributed by atoms with Gasteiger partial charge in [0.15, 0.2) is 12.1 Å². The summed E-state index contributed by atoms with van der Waals surface area (Å²) in [6, 6.07) is 38.9. The van der Waals surface area contributed by atoms with Crippen molar-refractivity contribution in [3.8, 4) is 11.1 Å². The third-order valence-corrected chi connectivity index (χ3v) is 13.1. The number of nitrogens with one attached hydrogen (secondary N) is 2. The van der Waals surface area contributed by atoms with Gasteiger partial charge in [0.1, 0.15) is 6.04 Å². The summed E-state index contributed by atoms with van der Waals surface area (Å²) in [5, 5.41) is 12.6. The third-order valence-electron chi connectivity index (χ3n) is 11.6. The van der Waals surface area contributed by atoms with Crippen LogP contribution < -0.4 is 10.0 Å². The lowest BCUT2D eigenvalue weighted by molar-refractivity contribution is -0.255. The van der Waals surface area contributed by atoms with Gasteiger partial charge in [0.25, 0.3) is 0 Å². The number of nitrogens with zero attached hydrogens (tertiary/aromatic N) is 1. The van der Waals surface area contributed by atoms with Crippen molar-refractivity contribution in [2.75, 3.05) is 32.8 Å². The Bertz CT molecular complexity index is 2310. The van der Waals surface area contributed by atoms with E-state index < -0.39 is 34.0 Å². The Morgan fingerprint density at radius 3 is 2.18 bits per heavy atom. The minimum absolute atomic E-state index is 0.0186. The number of aliphatic hydroxyl groups is 1. The fraction of sp³-hybridized carbons (Fsp3) is 0.354. The van der Waals surface area contributed by atoms with Gasteiger partial charge in [-0.3, -0.25) is 4.79 Å². The number of hydrogen-bond acceptors (Lipinski definition) is 9. The van der Waals surface area contributed by atoms with Crippen molar-refractivity contribution in [2.24, 2.45) is 0 Å².